The number of carbonyl (C=O) groups excluding carboxylic acids is 2. The highest BCUT2D eigenvalue weighted by atomic mass is 32.1. The number of rotatable bonds is 5. The molecule has 0 radical (unpaired) electrons. The SMILES string of the molecule is COc1ccc(C)cc1N1C[C@H](C(=O)Nc2nnc(C3CCCCC3)s2)CC1=O. The maximum absolute atomic E-state index is 12.8. The first-order chi connectivity index (χ1) is 14.0. The predicted molar refractivity (Wildman–Crippen MR) is 113 cm³/mol. The molecule has 0 bridgehead atoms. The molecule has 1 aliphatic carbocycles. The summed E-state index contributed by atoms with van der Waals surface area (Å²) in [6, 6.07) is 5.70. The van der Waals surface area contributed by atoms with Gasteiger partial charge in [-0.25, -0.2) is 0 Å². The molecular formula is C21H26N4O3S. The first kappa shape index (κ1) is 19.8. The maximum atomic E-state index is 12.8. The number of ether oxygens (including phenoxy) is 1. The van der Waals surface area contributed by atoms with Crippen molar-refractivity contribution in [3.63, 3.8) is 0 Å². The second kappa shape index (κ2) is 8.49. The van der Waals surface area contributed by atoms with Gasteiger partial charge < -0.3 is 15.0 Å². The van der Waals surface area contributed by atoms with Crippen molar-refractivity contribution in [2.75, 3.05) is 23.9 Å². The zero-order valence-corrected chi connectivity index (χ0v) is 17.6. The zero-order chi connectivity index (χ0) is 20.4. The summed E-state index contributed by atoms with van der Waals surface area (Å²) in [5, 5.41) is 12.8. The molecule has 0 unspecified atom stereocenters. The van der Waals surface area contributed by atoms with Crippen LogP contribution in [0.5, 0.6) is 5.75 Å². The van der Waals surface area contributed by atoms with E-state index in [4.69, 9.17) is 4.74 Å². The molecule has 154 valence electrons. The van der Waals surface area contributed by atoms with Gasteiger partial charge >= 0.3 is 0 Å². The number of methoxy groups -OCH3 is 1. The highest BCUT2D eigenvalue weighted by Crippen LogP contribution is 2.36. The quantitative estimate of drug-likeness (QED) is 0.802. The van der Waals surface area contributed by atoms with E-state index < -0.39 is 5.92 Å². The van der Waals surface area contributed by atoms with Gasteiger partial charge in [0.25, 0.3) is 0 Å². The summed E-state index contributed by atoms with van der Waals surface area (Å²) in [4.78, 5) is 27.0. The summed E-state index contributed by atoms with van der Waals surface area (Å²) in [7, 11) is 1.58. The van der Waals surface area contributed by atoms with Crippen molar-refractivity contribution in [1.82, 2.24) is 10.2 Å². The lowest BCUT2D eigenvalue weighted by atomic mass is 9.90. The predicted octanol–water partition coefficient (Wildman–Crippen LogP) is 3.89. The molecule has 2 heterocycles. The Bertz CT molecular complexity index is 907. The van der Waals surface area contributed by atoms with E-state index in [1.165, 1.54) is 30.6 Å². The third-order valence-corrected chi connectivity index (χ3v) is 6.75. The van der Waals surface area contributed by atoms with Crippen LogP contribution in [0.4, 0.5) is 10.8 Å². The smallest absolute Gasteiger partial charge is 0.231 e. The van der Waals surface area contributed by atoms with E-state index in [0.29, 0.717) is 29.0 Å². The standard InChI is InChI=1S/C21H26N4O3S/c1-13-8-9-17(28-2)16(10-13)25-12-15(11-18(25)26)19(27)22-21-24-23-20(29-21)14-6-4-3-5-7-14/h8-10,14-15H,3-7,11-12H2,1-2H3,(H,22,24,27)/t15-/m1/s1. The summed E-state index contributed by atoms with van der Waals surface area (Å²) in [5.74, 6) is 0.415. The minimum Gasteiger partial charge on any atom is -0.495 e. The molecule has 4 rings (SSSR count). The highest BCUT2D eigenvalue weighted by molar-refractivity contribution is 7.15. The van der Waals surface area contributed by atoms with Gasteiger partial charge in [0, 0.05) is 18.9 Å². The first-order valence-electron chi connectivity index (χ1n) is 10.1. The second-order valence-electron chi connectivity index (χ2n) is 7.85. The Kier molecular flexibility index (Phi) is 5.80. The third-order valence-electron chi connectivity index (χ3n) is 5.75. The molecule has 2 fully saturated rings. The van der Waals surface area contributed by atoms with Crippen LogP contribution in [-0.4, -0.2) is 35.7 Å². The number of hydrogen-bond donors (Lipinski definition) is 1. The van der Waals surface area contributed by atoms with Crippen molar-refractivity contribution in [2.24, 2.45) is 5.92 Å². The first-order valence-corrected chi connectivity index (χ1v) is 11.0. The molecule has 1 saturated heterocycles. The summed E-state index contributed by atoms with van der Waals surface area (Å²) >= 11 is 1.46. The number of benzene rings is 1. The van der Waals surface area contributed by atoms with Gasteiger partial charge in [-0.1, -0.05) is 36.7 Å². The molecule has 1 N–H and O–H groups in total. The van der Waals surface area contributed by atoms with Gasteiger partial charge in [0.15, 0.2) is 0 Å². The average molecular weight is 415 g/mol. The van der Waals surface area contributed by atoms with Crippen molar-refractivity contribution in [3.05, 3.63) is 28.8 Å². The van der Waals surface area contributed by atoms with E-state index in [2.05, 4.69) is 15.5 Å². The van der Waals surface area contributed by atoms with Crippen molar-refractivity contribution in [3.8, 4) is 5.75 Å². The van der Waals surface area contributed by atoms with E-state index in [-0.39, 0.29) is 18.2 Å². The number of carbonyl (C=O) groups is 2. The molecule has 1 aromatic heterocycles. The zero-order valence-electron chi connectivity index (χ0n) is 16.8. The minimum absolute atomic E-state index is 0.0748. The number of nitrogens with one attached hydrogen (secondary N) is 1. The monoisotopic (exact) mass is 414 g/mol. The van der Waals surface area contributed by atoms with Crippen molar-refractivity contribution in [1.29, 1.82) is 0 Å². The number of nitrogens with zero attached hydrogens (tertiary/aromatic N) is 3. The van der Waals surface area contributed by atoms with Crippen LogP contribution >= 0.6 is 11.3 Å². The largest absolute Gasteiger partial charge is 0.495 e. The molecule has 2 amide bonds. The Labute approximate surface area is 174 Å². The number of anilines is 2. The van der Waals surface area contributed by atoms with Crippen molar-refractivity contribution in [2.45, 2.75) is 51.4 Å². The number of aromatic nitrogens is 2. The number of hydrogen-bond acceptors (Lipinski definition) is 6. The average Bonchev–Trinajstić information content (AvgIpc) is 3.35. The van der Waals surface area contributed by atoms with Gasteiger partial charge in [-0.05, 0) is 37.5 Å². The Morgan fingerprint density at radius 1 is 1.24 bits per heavy atom. The van der Waals surface area contributed by atoms with Gasteiger partial charge in [-0.2, -0.15) is 0 Å². The Morgan fingerprint density at radius 3 is 2.79 bits per heavy atom. The normalized spacial score (nSPS) is 20.1. The Hall–Kier alpha value is -2.48. The molecule has 1 atom stereocenters. The summed E-state index contributed by atoms with van der Waals surface area (Å²) in [5.41, 5.74) is 1.74. The van der Waals surface area contributed by atoms with Crippen LogP contribution in [0.15, 0.2) is 18.2 Å². The van der Waals surface area contributed by atoms with Crippen LogP contribution in [0.1, 0.15) is 55.0 Å². The number of aryl methyl sites for hydroxylation is 1. The lowest BCUT2D eigenvalue weighted by Gasteiger charge is -2.20. The summed E-state index contributed by atoms with van der Waals surface area (Å²) in [6.45, 7) is 2.30. The minimum atomic E-state index is -0.422. The molecule has 2 aliphatic rings. The fourth-order valence-corrected chi connectivity index (χ4v) is 5.05. The second-order valence-corrected chi connectivity index (χ2v) is 8.86. The third kappa shape index (κ3) is 4.27. The molecule has 7 nitrogen and oxygen atoms in total. The van der Waals surface area contributed by atoms with E-state index in [9.17, 15) is 9.59 Å². The van der Waals surface area contributed by atoms with E-state index >= 15 is 0 Å². The fraction of sp³-hybridized carbons (Fsp3) is 0.524. The molecule has 8 heteroatoms. The fourth-order valence-electron chi connectivity index (χ4n) is 4.13. The van der Waals surface area contributed by atoms with Gasteiger partial charge in [0.1, 0.15) is 10.8 Å². The van der Waals surface area contributed by atoms with Gasteiger partial charge in [-0.3, -0.25) is 9.59 Å². The Balaban J connectivity index is 1.42. The van der Waals surface area contributed by atoms with Crippen LogP contribution in [0.25, 0.3) is 0 Å². The molecular weight excluding hydrogens is 388 g/mol. The van der Waals surface area contributed by atoms with Crippen molar-refractivity contribution >= 4 is 34.0 Å². The molecule has 1 saturated carbocycles. The summed E-state index contributed by atoms with van der Waals surface area (Å²) in [6.07, 6.45) is 6.22. The molecule has 1 aliphatic heterocycles. The lowest BCUT2D eigenvalue weighted by molar-refractivity contribution is -0.122. The molecule has 29 heavy (non-hydrogen) atoms. The van der Waals surface area contributed by atoms with E-state index in [1.54, 1.807) is 12.0 Å². The van der Waals surface area contributed by atoms with Crippen molar-refractivity contribution < 1.29 is 14.3 Å². The van der Waals surface area contributed by atoms with Gasteiger partial charge in [-0.15, -0.1) is 10.2 Å². The topological polar surface area (TPSA) is 84.4 Å². The molecule has 2 aromatic rings. The Morgan fingerprint density at radius 2 is 2.03 bits per heavy atom. The van der Waals surface area contributed by atoms with Crippen LogP contribution < -0.4 is 15.0 Å². The summed E-state index contributed by atoms with van der Waals surface area (Å²) < 4.78 is 5.40. The molecule has 1 aromatic carbocycles. The highest BCUT2D eigenvalue weighted by Gasteiger charge is 2.36. The van der Waals surface area contributed by atoms with Crippen LogP contribution in [-0.2, 0) is 9.59 Å². The van der Waals surface area contributed by atoms with Crippen LogP contribution in [0, 0.1) is 12.8 Å². The molecule has 0 spiro atoms. The van der Waals surface area contributed by atoms with Crippen LogP contribution in [0.2, 0.25) is 0 Å². The van der Waals surface area contributed by atoms with E-state index in [1.807, 2.05) is 25.1 Å². The lowest BCUT2D eigenvalue weighted by Crippen LogP contribution is -2.28. The van der Waals surface area contributed by atoms with Gasteiger partial charge in [0.2, 0.25) is 16.9 Å². The van der Waals surface area contributed by atoms with Gasteiger partial charge in [0.05, 0.1) is 18.7 Å². The van der Waals surface area contributed by atoms with Crippen LogP contribution in [0.3, 0.4) is 0 Å². The van der Waals surface area contributed by atoms with E-state index in [0.717, 1.165) is 23.4 Å². The maximum Gasteiger partial charge on any atom is 0.231 e. The number of amides is 2.